The first kappa shape index (κ1) is 20.3. The van der Waals surface area contributed by atoms with Gasteiger partial charge in [0.05, 0.1) is 7.11 Å². The van der Waals surface area contributed by atoms with E-state index >= 15 is 0 Å². The maximum atomic E-state index is 12.1. The van der Waals surface area contributed by atoms with E-state index in [9.17, 15) is 4.79 Å². The summed E-state index contributed by atoms with van der Waals surface area (Å²) in [6.07, 6.45) is 0.920. The van der Waals surface area contributed by atoms with Crippen LogP contribution in [-0.2, 0) is 13.1 Å². The predicted molar refractivity (Wildman–Crippen MR) is 109 cm³/mol. The summed E-state index contributed by atoms with van der Waals surface area (Å²) in [6, 6.07) is 15.5. The molecule has 6 heteroatoms. The van der Waals surface area contributed by atoms with Crippen LogP contribution in [0.4, 0.5) is 0 Å². The number of nitrogens with zero attached hydrogens (tertiary/aromatic N) is 1. The molecule has 2 aromatic carbocycles. The lowest BCUT2D eigenvalue weighted by Gasteiger charge is -2.13. The Hall–Kier alpha value is -3.02. The number of amides is 1. The van der Waals surface area contributed by atoms with Gasteiger partial charge in [-0.1, -0.05) is 31.2 Å². The number of ether oxygens (including phenoxy) is 1. The molecule has 0 aliphatic carbocycles. The second-order valence-electron chi connectivity index (χ2n) is 6.08. The first-order valence-corrected chi connectivity index (χ1v) is 9.10. The smallest absolute Gasteiger partial charge is 0.251 e. The molecule has 144 valence electrons. The van der Waals surface area contributed by atoms with Crippen LogP contribution < -0.4 is 20.7 Å². The molecule has 0 atom stereocenters. The van der Waals surface area contributed by atoms with Crippen molar-refractivity contribution in [3.63, 3.8) is 0 Å². The molecule has 2 rings (SSSR count). The minimum Gasteiger partial charge on any atom is -0.497 e. The summed E-state index contributed by atoms with van der Waals surface area (Å²) in [6.45, 7) is 3.95. The highest BCUT2D eigenvalue weighted by atomic mass is 16.5. The molecule has 0 saturated carbocycles. The van der Waals surface area contributed by atoms with E-state index in [1.54, 1.807) is 14.2 Å². The lowest BCUT2D eigenvalue weighted by Crippen LogP contribution is -2.36. The largest absolute Gasteiger partial charge is 0.497 e. The Balaban J connectivity index is 1.87. The lowest BCUT2D eigenvalue weighted by molar-refractivity contribution is 0.0953. The minimum absolute atomic E-state index is 0.0410. The molecule has 3 N–H and O–H groups in total. The first-order valence-electron chi connectivity index (χ1n) is 9.10. The van der Waals surface area contributed by atoms with E-state index in [1.807, 2.05) is 55.5 Å². The van der Waals surface area contributed by atoms with Gasteiger partial charge in [0, 0.05) is 32.2 Å². The number of guanidine groups is 1. The van der Waals surface area contributed by atoms with Crippen molar-refractivity contribution in [2.24, 2.45) is 4.99 Å². The summed E-state index contributed by atoms with van der Waals surface area (Å²) in [7, 11) is 3.39. The highest BCUT2D eigenvalue weighted by Crippen LogP contribution is 2.11. The van der Waals surface area contributed by atoms with Crippen LogP contribution in [0.25, 0.3) is 0 Å². The molecule has 0 unspecified atom stereocenters. The van der Waals surface area contributed by atoms with E-state index in [4.69, 9.17) is 4.74 Å². The second-order valence-corrected chi connectivity index (χ2v) is 6.08. The Bertz CT molecular complexity index is 757. The maximum absolute atomic E-state index is 12.1. The molecule has 0 aliphatic heterocycles. The van der Waals surface area contributed by atoms with Gasteiger partial charge in [-0.05, 0) is 41.8 Å². The molecule has 2 aromatic rings. The van der Waals surface area contributed by atoms with Gasteiger partial charge in [0.2, 0.25) is 0 Å². The van der Waals surface area contributed by atoms with Crippen LogP contribution in [0.3, 0.4) is 0 Å². The van der Waals surface area contributed by atoms with Crippen molar-refractivity contribution >= 4 is 11.9 Å². The van der Waals surface area contributed by atoms with Crippen molar-refractivity contribution in [3.8, 4) is 5.75 Å². The maximum Gasteiger partial charge on any atom is 0.251 e. The van der Waals surface area contributed by atoms with E-state index in [-0.39, 0.29) is 5.91 Å². The molecule has 0 saturated heterocycles. The number of carbonyl (C=O) groups excluding carboxylic acids is 1. The zero-order valence-corrected chi connectivity index (χ0v) is 16.2. The number of hydrogen-bond donors (Lipinski definition) is 3. The summed E-state index contributed by atoms with van der Waals surface area (Å²) < 4.78 is 5.17. The minimum atomic E-state index is -0.0410. The van der Waals surface area contributed by atoms with Crippen molar-refractivity contribution in [1.29, 1.82) is 0 Å². The molecular formula is C21H28N4O2. The molecule has 0 bridgehead atoms. The van der Waals surface area contributed by atoms with Gasteiger partial charge in [0.1, 0.15) is 5.75 Å². The third-order valence-corrected chi connectivity index (χ3v) is 4.03. The fraction of sp³-hybridized carbons (Fsp3) is 0.333. The fourth-order valence-electron chi connectivity index (χ4n) is 2.50. The standard InChI is InChI=1S/C21H28N4O2/c1-4-12-23-20(26)18-7-5-6-17(13-18)15-25-21(22-2)24-14-16-8-10-19(27-3)11-9-16/h5-11,13H,4,12,14-15H2,1-3H3,(H,23,26)(H2,22,24,25). The highest BCUT2D eigenvalue weighted by molar-refractivity contribution is 5.94. The highest BCUT2D eigenvalue weighted by Gasteiger charge is 2.06. The van der Waals surface area contributed by atoms with Crippen LogP contribution >= 0.6 is 0 Å². The van der Waals surface area contributed by atoms with E-state index in [2.05, 4.69) is 20.9 Å². The van der Waals surface area contributed by atoms with E-state index in [0.717, 1.165) is 23.3 Å². The number of rotatable bonds is 8. The van der Waals surface area contributed by atoms with Gasteiger partial charge in [0.25, 0.3) is 5.91 Å². The molecule has 0 aliphatic rings. The van der Waals surface area contributed by atoms with Crippen molar-refractivity contribution in [2.75, 3.05) is 20.7 Å². The third-order valence-electron chi connectivity index (χ3n) is 4.03. The molecule has 0 spiro atoms. The predicted octanol–water partition coefficient (Wildman–Crippen LogP) is 2.70. The van der Waals surface area contributed by atoms with Crippen molar-refractivity contribution in [3.05, 3.63) is 65.2 Å². The SMILES string of the molecule is CCCNC(=O)c1cccc(CNC(=NC)NCc2ccc(OC)cc2)c1. The molecule has 0 heterocycles. The van der Waals surface area contributed by atoms with Crippen molar-refractivity contribution < 1.29 is 9.53 Å². The van der Waals surface area contributed by atoms with Crippen LogP contribution in [0.1, 0.15) is 34.8 Å². The number of nitrogens with one attached hydrogen (secondary N) is 3. The summed E-state index contributed by atoms with van der Waals surface area (Å²) >= 11 is 0. The Kier molecular flexibility index (Phi) is 8.16. The van der Waals surface area contributed by atoms with Gasteiger partial charge >= 0.3 is 0 Å². The summed E-state index contributed by atoms with van der Waals surface area (Å²) in [5.74, 6) is 1.50. The molecular weight excluding hydrogens is 340 g/mol. The van der Waals surface area contributed by atoms with Crippen LogP contribution in [0.15, 0.2) is 53.5 Å². The molecule has 27 heavy (non-hydrogen) atoms. The zero-order valence-electron chi connectivity index (χ0n) is 16.2. The Morgan fingerprint density at radius 3 is 2.33 bits per heavy atom. The van der Waals surface area contributed by atoms with Gasteiger partial charge in [-0.2, -0.15) is 0 Å². The van der Waals surface area contributed by atoms with E-state index in [0.29, 0.717) is 31.2 Å². The van der Waals surface area contributed by atoms with Gasteiger partial charge < -0.3 is 20.7 Å². The topological polar surface area (TPSA) is 74.8 Å². The van der Waals surface area contributed by atoms with Crippen molar-refractivity contribution in [2.45, 2.75) is 26.4 Å². The number of benzene rings is 2. The molecule has 0 radical (unpaired) electrons. The summed E-state index contributed by atoms with van der Waals surface area (Å²) in [5.41, 5.74) is 2.82. The second kappa shape index (κ2) is 10.9. The Labute approximate surface area is 161 Å². The van der Waals surface area contributed by atoms with Crippen molar-refractivity contribution in [1.82, 2.24) is 16.0 Å². The van der Waals surface area contributed by atoms with Crippen LogP contribution in [-0.4, -0.2) is 32.6 Å². The lowest BCUT2D eigenvalue weighted by atomic mass is 10.1. The Morgan fingerprint density at radius 1 is 1.00 bits per heavy atom. The van der Waals surface area contributed by atoms with Gasteiger partial charge in [0.15, 0.2) is 5.96 Å². The normalized spacial score (nSPS) is 11.0. The Morgan fingerprint density at radius 2 is 1.70 bits per heavy atom. The average Bonchev–Trinajstić information content (AvgIpc) is 2.72. The number of aliphatic imine (C=N–C) groups is 1. The van der Waals surface area contributed by atoms with E-state index in [1.165, 1.54) is 0 Å². The summed E-state index contributed by atoms with van der Waals surface area (Å²) in [4.78, 5) is 16.3. The van der Waals surface area contributed by atoms with Crippen LogP contribution in [0, 0.1) is 0 Å². The van der Waals surface area contributed by atoms with Crippen LogP contribution in [0.2, 0.25) is 0 Å². The third kappa shape index (κ3) is 6.66. The molecule has 0 fully saturated rings. The van der Waals surface area contributed by atoms with E-state index < -0.39 is 0 Å². The summed E-state index contributed by atoms with van der Waals surface area (Å²) in [5, 5.41) is 9.44. The average molecular weight is 368 g/mol. The van der Waals surface area contributed by atoms with Crippen LogP contribution in [0.5, 0.6) is 5.75 Å². The van der Waals surface area contributed by atoms with Gasteiger partial charge in [-0.25, -0.2) is 0 Å². The van der Waals surface area contributed by atoms with Gasteiger partial charge in [-0.15, -0.1) is 0 Å². The molecule has 0 aromatic heterocycles. The quantitative estimate of drug-likeness (QED) is 0.495. The first-order chi connectivity index (χ1) is 13.2. The monoisotopic (exact) mass is 368 g/mol. The van der Waals surface area contributed by atoms with Gasteiger partial charge in [-0.3, -0.25) is 9.79 Å². The molecule has 6 nitrogen and oxygen atoms in total. The number of carbonyl (C=O) groups is 1. The zero-order chi connectivity index (χ0) is 19.5. The fourth-order valence-corrected chi connectivity index (χ4v) is 2.50. The number of hydrogen-bond acceptors (Lipinski definition) is 3. The molecule has 1 amide bonds. The number of methoxy groups -OCH3 is 1.